The molecule has 1 nitrogen and oxygen atoms in total. The molecule has 100 valence electrons. The molecule has 4 rings (SSSR count). The van der Waals surface area contributed by atoms with Gasteiger partial charge in [-0.3, -0.25) is 0 Å². The van der Waals surface area contributed by atoms with Gasteiger partial charge in [0.2, 0.25) is 0 Å². The number of nitrogens with one attached hydrogen (secondary N) is 1. The molecule has 20 heavy (non-hydrogen) atoms. The van der Waals surface area contributed by atoms with Crippen LogP contribution in [0.1, 0.15) is 24.0 Å². The summed E-state index contributed by atoms with van der Waals surface area (Å²) in [7, 11) is 0. The van der Waals surface area contributed by atoms with Crippen LogP contribution in [0.5, 0.6) is 0 Å². The SMILES string of the molecule is c1ccc2c(c1)Nc1ccccc1C1=C2CCSCC1. The summed E-state index contributed by atoms with van der Waals surface area (Å²) in [4.78, 5) is 0. The lowest BCUT2D eigenvalue weighted by Crippen LogP contribution is -1.94. The molecule has 2 heterocycles. The fourth-order valence-electron chi connectivity index (χ4n) is 3.20. The third kappa shape index (κ3) is 1.95. The molecule has 0 unspecified atom stereocenters. The Labute approximate surface area is 124 Å². The minimum Gasteiger partial charge on any atom is -0.355 e. The Kier molecular flexibility index (Phi) is 3.04. The van der Waals surface area contributed by atoms with Gasteiger partial charge in [0.25, 0.3) is 0 Å². The molecule has 0 aliphatic carbocycles. The Hall–Kier alpha value is -1.67. The maximum absolute atomic E-state index is 3.63. The molecule has 2 aromatic rings. The highest BCUT2D eigenvalue weighted by molar-refractivity contribution is 7.99. The summed E-state index contributed by atoms with van der Waals surface area (Å²) in [5, 5.41) is 3.63. The summed E-state index contributed by atoms with van der Waals surface area (Å²) >= 11 is 2.08. The van der Waals surface area contributed by atoms with E-state index in [9.17, 15) is 0 Å². The van der Waals surface area contributed by atoms with Crippen LogP contribution in [0.4, 0.5) is 11.4 Å². The fourth-order valence-corrected chi connectivity index (χ4v) is 4.10. The van der Waals surface area contributed by atoms with Crippen LogP contribution in [0.25, 0.3) is 11.1 Å². The van der Waals surface area contributed by atoms with E-state index in [2.05, 4.69) is 65.6 Å². The molecule has 0 aromatic heterocycles. The van der Waals surface area contributed by atoms with Gasteiger partial charge in [0.05, 0.1) is 0 Å². The first kappa shape index (κ1) is 12.1. The monoisotopic (exact) mass is 279 g/mol. The molecule has 2 aliphatic heterocycles. The minimum absolute atomic E-state index is 1.17. The first-order valence-corrected chi connectivity index (χ1v) is 8.34. The van der Waals surface area contributed by atoms with E-state index in [1.165, 1.54) is 46.8 Å². The van der Waals surface area contributed by atoms with Crippen molar-refractivity contribution in [3.63, 3.8) is 0 Å². The van der Waals surface area contributed by atoms with Crippen molar-refractivity contribution in [3.8, 4) is 0 Å². The third-order valence-corrected chi connectivity index (χ3v) is 5.12. The van der Waals surface area contributed by atoms with Gasteiger partial charge < -0.3 is 5.32 Å². The number of rotatable bonds is 0. The van der Waals surface area contributed by atoms with Crippen molar-refractivity contribution in [2.24, 2.45) is 0 Å². The van der Waals surface area contributed by atoms with Crippen molar-refractivity contribution in [2.75, 3.05) is 16.8 Å². The van der Waals surface area contributed by atoms with Gasteiger partial charge in [0, 0.05) is 22.5 Å². The molecule has 0 radical (unpaired) electrons. The standard InChI is InChI=1S/C18H17NS/c1-3-7-17-15(5-1)13-9-11-20-12-10-14(13)16-6-2-4-8-18(16)19-17/h1-8,19H,9-12H2. The Morgan fingerprint density at radius 1 is 0.700 bits per heavy atom. The average molecular weight is 279 g/mol. The molecule has 0 fully saturated rings. The number of anilines is 2. The molecule has 0 amide bonds. The van der Waals surface area contributed by atoms with Crippen molar-refractivity contribution >= 4 is 34.3 Å². The second-order valence-corrected chi connectivity index (χ2v) is 6.51. The van der Waals surface area contributed by atoms with Crippen molar-refractivity contribution in [3.05, 3.63) is 59.7 Å². The zero-order chi connectivity index (χ0) is 13.4. The Morgan fingerprint density at radius 3 is 1.75 bits per heavy atom. The van der Waals surface area contributed by atoms with E-state index in [1.807, 2.05) is 0 Å². The summed E-state index contributed by atoms with van der Waals surface area (Å²) in [6.45, 7) is 0. The fraction of sp³-hybridized carbons (Fsp3) is 0.222. The number of benzene rings is 2. The topological polar surface area (TPSA) is 12.0 Å². The van der Waals surface area contributed by atoms with E-state index >= 15 is 0 Å². The maximum Gasteiger partial charge on any atom is 0.0460 e. The second kappa shape index (κ2) is 5.02. The van der Waals surface area contributed by atoms with E-state index in [0.29, 0.717) is 0 Å². The molecule has 2 heteroatoms. The normalized spacial score (nSPS) is 17.2. The van der Waals surface area contributed by atoms with Gasteiger partial charge >= 0.3 is 0 Å². The van der Waals surface area contributed by atoms with Crippen LogP contribution in [0, 0.1) is 0 Å². The number of hydrogen-bond donors (Lipinski definition) is 1. The van der Waals surface area contributed by atoms with Gasteiger partial charge in [0.15, 0.2) is 0 Å². The molecule has 2 aliphatic rings. The number of para-hydroxylation sites is 2. The highest BCUT2D eigenvalue weighted by Crippen LogP contribution is 2.44. The molecule has 0 saturated carbocycles. The molecule has 0 atom stereocenters. The number of hydrogen-bond acceptors (Lipinski definition) is 2. The first-order chi connectivity index (χ1) is 9.93. The smallest absolute Gasteiger partial charge is 0.0460 e. The predicted molar refractivity (Wildman–Crippen MR) is 89.5 cm³/mol. The number of fused-ring (bicyclic) bond motifs is 4. The lowest BCUT2D eigenvalue weighted by Gasteiger charge is -2.12. The van der Waals surface area contributed by atoms with Gasteiger partial charge in [0.1, 0.15) is 0 Å². The van der Waals surface area contributed by atoms with E-state index in [1.54, 1.807) is 11.1 Å². The minimum atomic E-state index is 1.17. The van der Waals surface area contributed by atoms with Gasteiger partial charge in [-0.25, -0.2) is 0 Å². The Bertz CT molecular complexity index is 630. The van der Waals surface area contributed by atoms with Crippen molar-refractivity contribution in [2.45, 2.75) is 12.8 Å². The largest absolute Gasteiger partial charge is 0.355 e. The van der Waals surface area contributed by atoms with Crippen LogP contribution in [0.15, 0.2) is 48.5 Å². The van der Waals surface area contributed by atoms with E-state index in [4.69, 9.17) is 0 Å². The highest BCUT2D eigenvalue weighted by atomic mass is 32.2. The molecule has 0 spiro atoms. The van der Waals surface area contributed by atoms with E-state index in [0.717, 1.165) is 0 Å². The Morgan fingerprint density at radius 2 is 1.20 bits per heavy atom. The van der Waals surface area contributed by atoms with Gasteiger partial charge in [-0.15, -0.1) is 0 Å². The lowest BCUT2D eigenvalue weighted by atomic mass is 9.91. The van der Waals surface area contributed by atoms with Crippen LogP contribution in [-0.2, 0) is 0 Å². The van der Waals surface area contributed by atoms with Crippen LogP contribution < -0.4 is 5.32 Å². The van der Waals surface area contributed by atoms with E-state index in [-0.39, 0.29) is 0 Å². The molecule has 1 N–H and O–H groups in total. The van der Waals surface area contributed by atoms with E-state index < -0.39 is 0 Å². The lowest BCUT2D eigenvalue weighted by molar-refractivity contribution is 1.25. The summed E-state index contributed by atoms with van der Waals surface area (Å²) < 4.78 is 0. The molecule has 0 saturated heterocycles. The first-order valence-electron chi connectivity index (χ1n) is 7.19. The zero-order valence-electron chi connectivity index (χ0n) is 11.4. The number of thioether (sulfide) groups is 1. The van der Waals surface area contributed by atoms with Gasteiger partial charge in [-0.1, -0.05) is 36.4 Å². The van der Waals surface area contributed by atoms with Gasteiger partial charge in [-0.2, -0.15) is 11.8 Å². The van der Waals surface area contributed by atoms with Crippen LogP contribution in [0.2, 0.25) is 0 Å². The van der Waals surface area contributed by atoms with Gasteiger partial charge in [-0.05, 0) is 47.6 Å². The van der Waals surface area contributed by atoms with Crippen molar-refractivity contribution in [1.29, 1.82) is 0 Å². The van der Waals surface area contributed by atoms with Crippen molar-refractivity contribution in [1.82, 2.24) is 0 Å². The highest BCUT2D eigenvalue weighted by Gasteiger charge is 2.22. The Balaban J connectivity index is 2.01. The average Bonchev–Trinajstić information content (AvgIpc) is 2.79. The molecular weight excluding hydrogens is 262 g/mol. The molecule has 2 aromatic carbocycles. The summed E-state index contributed by atoms with van der Waals surface area (Å²) in [5.41, 5.74) is 8.36. The molecule has 0 bridgehead atoms. The van der Waals surface area contributed by atoms with Crippen LogP contribution >= 0.6 is 11.8 Å². The predicted octanol–water partition coefficient (Wildman–Crippen LogP) is 5.18. The summed E-state index contributed by atoms with van der Waals surface area (Å²) in [6, 6.07) is 17.5. The summed E-state index contributed by atoms with van der Waals surface area (Å²) in [6.07, 6.45) is 2.35. The van der Waals surface area contributed by atoms with Crippen molar-refractivity contribution < 1.29 is 0 Å². The van der Waals surface area contributed by atoms with Crippen LogP contribution in [-0.4, -0.2) is 11.5 Å². The zero-order valence-corrected chi connectivity index (χ0v) is 12.2. The van der Waals surface area contributed by atoms with Crippen LogP contribution in [0.3, 0.4) is 0 Å². The third-order valence-electron chi connectivity index (χ3n) is 4.13. The quantitative estimate of drug-likeness (QED) is 0.713. The summed E-state index contributed by atoms with van der Waals surface area (Å²) in [5.74, 6) is 2.46. The maximum atomic E-state index is 3.63. The second-order valence-electron chi connectivity index (χ2n) is 5.29. The molecular formula is C18H17NS. The number of allylic oxidation sites excluding steroid dienone is 2.